The topological polar surface area (TPSA) is 47.6 Å². The normalized spacial score (nSPS) is 10.3. The highest BCUT2D eigenvalue weighted by Gasteiger charge is 2.12. The van der Waals surface area contributed by atoms with E-state index in [-0.39, 0.29) is 29.5 Å². The summed E-state index contributed by atoms with van der Waals surface area (Å²) in [6, 6.07) is 9.66. The Morgan fingerprint density at radius 1 is 1.17 bits per heavy atom. The van der Waals surface area contributed by atoms with Crippen LogP contribution in [0.15, 0.2) is 36.4 Å². The molecule has 0 radical (unpaired) electrons. The number of rotatable bonds is 6. The molecule has 122 valence electrons. The molecule has 2 aromatic rings. The number of nitrogens with one attached hydrogen (secondary N) is 1. The maximum Gasteiger partial charge on any atom is 0.224 e. The van der Waals surface area contributed by atoms with Crippen LogP contribution in [0, 0.1) is 5.82 Å². The van der Waals surface area contributed by atoms with Crippen LogP contribution in [0.2, 0.25) is 5.02 Å². The van der Waals surface area contributed by atoms with Gasteiger partial charge in [0.2, 0.25) is 5.91 Å². The molecule has 0 unspecified atom stereocenters. The molecule has 0 bridgehead atoms. The van der Waals surface area contributed by atoms with Gasteiger partial charge in [0.1, 0.15) is 17.3 Å². The minimum absolute atomic E-state index is 0.118. The molecule has 0 aliphatic carbocycles. The molecule has 0 atom stereocenters. The first kappa shape index (κ1) is 17.1. The summed E-state index contributed by atoms with van der Waals surface area (Å²) in [6.45, 7) is 0.276. The number of carbonyl (C=O) groups excluding carboxylic acids is 1. The van der Waals surface area contributed by atoms with Gasteiger partial charge in [0.25, 0.3) is 0 Å². The number of ether oxygens (including phenoxy) is 2. The summed E-state index contributed by atoms with van der Waals surface area (Å²) in [5.41, 5.74) is 1.00. The van der Waals surface area contributed by atoms with Crippen molar-refractivity contribution < 1.29 is 18.7 Å². The van der Waals surface area contributed by atoms with E-state index in [1.807, 2.05) is 0 Å². The molecular weight excluding hydrogens is 321 g/mol. The molecule has 0 aliphatic heterocycles. The van der Waals surface area contributed by atoms with Gasteiger partial charge >= 0.3 is 0 Å². The smallest absolute Gasteiger partial charge is 0.224 e. The highest BCUT2D eigenvalue weighted by Crippen LogP contribution is 2.23. The SMILES string of the molecule is COc1cc(CNC(=O)Cc2c(F)cccc2Cl)cc(OC)c1. The lowest BCUT2D eigenvalue weighted by Crippen LogP contribution is -2.25. The lowest BCUT2D eigenvalue weighted by molar-refractivity contribution is -0.120. The summed E-state index contributed by atoms with van der Waals surface area (Å²) in [5.74, 6) is 0.450. The van der Waals surface area contributed by atoms with Crippen LogP contribution < -0.4 is 14.8 Å². The predicted molar refractivity (Wildman–Crippen MR) is 86.5 cm³/mol. The fourth-order valence-corrected chi connectivity index (χ4v) is 2.32. The van der Waals surface area contributed by atoms with Gasteiger partial charge in [-0.15, -0.1) is 0 Å². The van der Waals surface area contributed by atoms with Crippen LogP contribution in [0.1, 0.15) is 11.1 Å². The van der Waals surface area contributed by atoms with Gasteiger partial charge in [-0.1, -0.05) is 17.7 Å². The Kier molecular flexibility index (Phi) is 5.82. The number of halogens is 2. The second kappa shape index (κ2) is 7.83. The third-order valence-electron chi connectivity index (χ3n) is 3.30. The van der Waals surface area contributed by atoms with E-state index in [2.05, 4.69) is 5.32 Å². The molecular formula is C17H17ClFNO3. The van der Waals surface area contributed by atoms with E-state index in [1.54, 1.807) is 38.5 Å². The zero-order valence-corrected chi connectivity index (χ0v) is 13.6. The Balaban J connectivity index is 2.02. The zero-order valence-electron chi connectivity index (χ0n) is 12.9. The molecule has 0 heterocycles. The third-order valence-corrected chi connectivity index (χ3v) is 3.65. The van der Waals surface area contributed by atoms with Crippen molar-refractivity contribution in [2.45, 2.75) is 13.0 Å². The van der Waals surface area contributed by atoms with Crippen LogP contribution in [-0.2, 0) is 17.8 Å². The average molecular weight is 338 g/mol. The molecule has 6 heteroatoms. The van der Waals surface area contributed by atoms with Crippen LogP contribution in [0.5, 0.6) is 11.5 Å². The molecule has 1 N–H and O–H groups in total. The number of methoxy groups -OCH3 is 2. The average Bonchev–Trinajstić information content (AvgIpc) is 2.56. The van der Waals surface area contributed by atoms with E-state index in [0.717, 1.165) is 5.56 Å². The minimum atomic E-state index is -0.490. The lowest BCUT2D eigenvalue weighted by Gasteiger charge is -2.10. The first-order chi connectivity index (χ1) is 11.0. The zero-order chi connectivity index (χ0) is 16.8. The number of carbonyl (C=O) groups is 1. The fourth-order valence-electron chi connectivity index (χ4n) is 2.09. The second-order valence-electron chi connectivity index (χ2n) is 4.87. The van der Waals surface area contributed by atoms with Gasteiger partial charge in [-0.25, -0.2) is 4.39 Å². The molecule has 0 fully saturated rings. The Morgan fingerprint density at radius 3 is 2.39 bits per heavy atom. The predicted octanol–water partition coefficient (Wildman–Crippen LogP) is 3.36. The van der Waals surface area contributed by atoms with E-state index < -0.39 is 5.82 Å². The van der Waals surface area contributed by atoms with Crippen LogP contribution in [0.4, 0.5) is 4.39 Å². The first-order valence-electron chi connectivity index (χ1n) is 6.95. The van der Waals surface area contributed by atoms with Crippen molar-refractivity contribution in [2.75, 3.05) is 14.2 Å². The van der Waals surface area contributed by atoms with Crippen molar-refractivity contribution >= 4 is 17.5 Å². The highest BCUT2D eigenvalue weighted by molar-refractivity contribution is 6.31. The van der Waals surface area contributed by atoms with Crippen molar-refractivity contribution in [1.29, 1.82) is 0 Å². The van der Waals surface area contributed by atoms with E-state index in [1.165, 1.54) is 12.1 Å². The lowest BCUT2D eigenvalue weighted by atomic mass is 10.1. The molecule has 2 aromatic carbocycles. The van der Waals surface area contributed by atoms with Gasteiger partial charge in [-0.3, -0.25) is 4.79 Å². The van der Waals surface area contributed by atoms with Crippen molar-refractivity contribution in [3.05, 3.63) is 58.4 Å². The number of hydrogen-bond donors (Lipinski definition) is 1. The van der Waals surface area contributed by atoms with Crippen LogP contribution in [-0.4, -0.2) is 20.1 Å². The molecule has 0 saturated carbocycles. The van der Waals surface area contributed by atoms with E-state index in [4.69, 9.17) is 21.1 Å². The number of benzene rings is 2. The molecule has 0 spiro atoms. The molecule has 23 heavy (non-hydrogen) atoms. The number of amides is 1. The summed E-state index contributed by atoms with van der Waals surface area (Å²) in [6.07, 6.45) is -0.118. The summed E-state index contributed by atoms with van der Waals surface area (Å²) < 4.78 is 24.0. The van der Waals surface area contributed by atoms with E-state index in [9.17, 15) is 9.18 Å². The summed E-state index contributed by atoms with van der Waals surface area (Å²) in [5, 5.41) is 2.97. The standard InChI is InChI=1S/C17H17ClFNO3/c1-22-12-6-11(7-13(8-12)23-2)10-20-17(21)9-14-15(18)4-3-5-16(14)19/h3-8H,9-10H2,1-2H3,(H,20,21). The summed E-state index contributed by atoms with van der Waals surface area (Å²) >= 11 is 5.92. The van der Waals surface area contributed by atoms with Gasteiger partial charge in [-0.05, 0) is 29.8 Å². The Bertz CT molecular complexity index is 664. The fraction of sp³-hybridized carbons (Fsp3) is 0.235. The van der Waals surface area contributed by atoms with Gasteiger partial charge in [0, 0.05) is 23.2 Å². The molecule has 4 nitrogen and oxygen atoms in total. The Labute approximate surface area is 139 Å². The maximum absolute atomic E-state index is 13.7. The van der Waals surface area contributed by atoms with Gasteiger partial charge in [0.15, 0.2) is 0 Å². The highest BCUT2D eigenvalue weighted by atomic mass is 35.5. The monoisotopic (exact) mass is 337 g/mol. The quantitative estimate of drug-likeness (QED) is 0.879. The summed E-state index contributed by atoms with van der Waals surface area (Å²) in [7, 11) is 3.11. The number of hydrogen-bond acceptors (Lipinski definition) is 3. The molecule has 0 aliphatic rings. The molecule has 1 amide bonds. The Hall–Kier alpha value is -2.27. The Morgan fingerprint density at radius 2 is 1.83 bits per heavy atom. The first-order valence-corrected chi connectivity index (χ1v) is 7.33. The second-order valence-corrected chi connectivity index (χ2v) is 5.28. The maximum atomic E-state index is 13.7. The van der Waals surface area contributed by atoms with Gasteiger partial charge in [-0.2, -0.15) is 0 Å². The third kappa shape index (κ3) is 4.60. The van der Waals surface area contributed by atoms with Gasteiger partial charge < -0.3 is 14.8 Å². The van der Waals surface area contributed by atoms with Crippen molar-refractivity contribution in [2.24, 2.45) is 0 Å². The largest absolute Gasteiger partial charge is 0.497 e. The summed E-state index contributed by atoms with van der Waals surface area (Å²) in [4.78, 5) is 12.0. The molecule has 0 aromatic heterocycles. The van der Waals surface area contributed by atoms with Crippen LogP contribution in [0.3, 0.4) is 0 Å². The van der Waals surface area contributed by atoms with E-state index in [0.29, 0.717) is 11.5 Å². The van der Waals surface area contributed by atoms with Gasteiger partial charge in [0.05, 0.1) is 20.6 Å². The molecule has 0 saturated heterocycles. The minimum Gasteiger partial charge on any atom is -0.497 e. The van der Waals surface area contributed by atoms with Crippen LogP contribution >= 0.6 is 11.6 Å². The molecule has 2 rings (SSSR count). The van der Waals surface area contributed by atoms with Crippen LogP contribution in [0.25, 0.3) is 0 Å². The van der Waals surface area contributed by atoms with E-state index >= 15 is 0 Å². The van der Waals surface area contributed by atoms with Crippen molar-refractivity contribution in [3.63, 3.8) is 0 Å². The van der Waals surface area contributed by atoms with Crippen molar-refractivity contribution in [1.82, 2.24) is 5.32 Å². The van der Waals surface area contributed by atoms with Crippen molar-refractivity contribution in [3.8, 4) is 11.5 Å².